The lowest BCUT2D eigenvalue weighted by Crippen LogP contribution is -2.03. The van der Waals surface area contributed by atoms with E-state index < -0.39 is 0 Å². The molecule has 0 saturated heterocycles. The third kappa shape index (κ3) is 6.60. The average Bonchev–Trinajstić information content (AvgIpc) is 3.31. The molecule has 0 atom stereocenters. The first-order valence-electron chi connectivity index (χ1n) is 10.4. The van der Waals surface area contributed by atoms with Crippen molar-refractivity contribution in [2.75, 3.05) is 13.7 Å². The van der Waals surface area contributed by atoms with Crippen molar-refractivity contribution in [3.05, 3.63) is 101 Å². The predicted octanol–water partition coefficient (Wildman–Crippen LogP) is 5.74. The van der Waals surface area contributed by atoms with Crippen LogP contribution in [0.2, 0.25) is 5.02 Å². The van der Waals surface area contributed by atoms with Gasteiger partial charge in [-0.1, -0.05) is 65.8 Å². The molecule has 0 aliphatic rings. The van der Waals surface area contributed by atoms with Gasteiger partial charge in [0, 0.05) is 17.2 Å². The van der Waals surface area contributed by atoms with Crippen LogP contribution in [0.5, 0.6) is 11.5 Å². The minimum absolute atomic E-state index is 0.572. The van der Waals surface area contributed by atoms with E-state index in [9.17, 15) is 0 Å². The van der Waals surface area contributed by atoms with Crippen molar-refractivity contribution in [2.45, 2.75) is 17.3 Å². The van der Waals surface area contributed by atoms with Crippen LogP contribution in [0.3, 0.4) is 0 Å². The first-order valence-corrected chi connectivity index (χ1v) is 11.7. The zero-order valence-corrected chi connectivity index (χ0v) is 19.7. The summed E-state index contributed by atoms with van der Waals surface area (Å²) in [6, 6.07) is 23.7. The third-order valence-corrected chi connectivity index (χ3v) is 6.05. The zero-order chi connectivity index (χ0) is 22.9. The highest BCUT2D eigenvalue weighted by Crippen LogP contribution is 2.28. The van der Waals surface area contributed by atoms with Crippen LogP contribution >= 0.6 is 23.4 Å². The number of thioether (sulfide) groups is 1. The van der Waals surface area contributed by atoms with E-state index >= 15 is 0 Å². The Kier molecular flexibility index (Phi) is 8.00. The van der Waals surface area contributed by atoms with E-state index in [-0.39, 0.29) is 0 Å². The molecule has 0 aliphatic heterocycles. The first-order chi connectivity index (χ1) is 16.2. The molecule has 0 radical (unpaired) electrons. The van der Waals surface area contributed by atoms with Gasteiger partial charge in [0.25, 0.3) is 0 Å². The Morgan fingerprint density at radius 3 is 2.61 bits per heavy atom. The van der Waals surface area contributed by atoms with Crippen LogP contribution in [-0.4, -0.2) is 34.8 Å². The molecule has 4 rings (SSSR count). The monoisotopic (exact) mass is 478 g/mol. The Morgan fingerprint density at radius 2 is 1.82 bits per heavy atom. The summed E-state index contributed by atoms with van der Waals surface area (Å²) in [6.45, 7) is 0.572. The second kappa shape index (κ2) is 11.5. The molecule has 4 aromatic rings. The van der Waals surface area contributed by atoms with E-state index in [1.165, 1.54) is 5.56 Å². The molecule has 33 heavy (non-hydrogen) atoms. The Labute approximate surface area is 202 Å². The smallest absolute Gasteiger partial charge is 0.212 e. The van der Waals surface area contributed by atoms with Crippen molar-refractivity contribution in [1.29, 1.82) is 0 Å². The zero-order valence-electron chi connectivity index (χ0n) is 18.1. The SMILES string of the molecule is COc1cc(/C=N/n2cnnc2SCc2ccc(Cl)cc2)ccc1OCCc1ccccc1. The maximum atomic E-state index is 5.95. The Bertz CT molecular complexity index is 1200. The maximum absolute atomic E-state index is 5.95. The van der Waals surface area contributed by atoms with Crippen molar-refractivity contribution >= 4 is 29.6 Å². The van der Waals surface area contributed by atoms with Crippen molar-refractivity contribution in [1.82, 2.24) is 14.9 Å². The van der Waals surface area contributed by atoms with Crippen LogP contribution in [-0.2, 0) is 12.2 Å². The fraction of sp³-hybridized carbons (Fsp3) is 0.160. The fourth-order valence-corrected chi connectivity index (χ4v) is 4.00. The highest BCUT2D eigenvalue weighted by molar-refractivity contribution is 7.98. The summed E-state index contributed by atoms with van der Waals surface area (Å²) in [7, 11) is 1.63. The normalized spacial score (nSPS) is 11.1. The number of hydrogen-bond acceptors (Lipinski definition) is 6. The van der Waals surface area contributed by atoms with Crippen LogP contribution in [0.4, 0.5) is 0 Å². The lowest BCUT2D eigenvalue weighted by atomic mass is 10.2. The number of hydrogen-bond donors (Lipinski definition) is 0. The molecule has 168 valence electrons. The summed E-state index contributed by atoms with van der Waals surface area (Å²) >= 11 is 7.50. The molecule has 0 saturated carbocycles. The number of halogens is 1. The van der Waals surface area contributed by atoms with E-state index in [1.807, 2.05) is 60.7 Å². The van der Waals surface area contributed by atoms with Crippen LogP contribution in [0, 0.1) is 0 Å². The van der Waals surface area contributed by atoms with Gasteiger partial charge in [0.05, 0.1) is 19.9 Å². The van der Waals surface area contributed by atoms with Crippen molar-refractivity contribution in [2.24, 2.45) is 5.10 Å². The van der Waals surface area contributed by atoms with E-state index in [4.69, 9.17) is 21.1 Å². The van der Waals surface area contributed by atoms with Gasteiger partial charge in [-0.3, -0.25) is 0 Å². The number of aromatic nitrogens is 3. The average molecular weight is 479 g/mol. The fourth-order valence-electron chi connectivity index (χ4n) is 3.06. The van der Waals surface area contributed by atoms with Gasteiger partial charge in [-0.25, -0.2) is 0 Å². The second-order valence-electron chi connectivity index (χ2n) is 7.11. The van der Waals surface area contributed by atoms with Crippen LogP contribution in [0.15, 0.2) is 89.4 Å². The number of ether oxygens (including phenoxy) is 2. The van der Waals surface area contributed by atoms with Crippen LogP contribution in [0.25, 0.3) is 0 Å². The summed E-state index contributed by atoms with van der Waals surface area (Å²) in [5, 5.41) is 14.1. The van der Waals surface area contributed by atoms with Crippen molar-refractivity contribution in [3.63, 3.8) is 0 Å². The van der Waals surface area contributed by atoms with Gasteiger partial charge in [-0.05, 0) is 47.0 Å². The molecule has 0 unspecified atom stereocenters. The quantitative estimate of drug-likeness (QED) is 0.215. The molecule has 0 amide bonds. The molecule has 0 bridgehead atoms. The van der Waals surface area contributed by atoms with Crippen LogP contribution < -0.4 is 9.47 Å². The van der Waals surface area contributed by atoms with E-state index in [0.29, 0.717) is 23.3 Å². The van der Waals surface area contributed by atoms with Gasteiger partial charge >= 0.3 is 0 Å². The Morgan fingerprint density at radius 1 is 1.00 bits per heavy atom. The molecule has 0 N–H and O–H groups in total. The number of nitrogens with zero attached hydrogens (tertiary/aromatic N) is 4. The summed E-state index contributed by atoms with van der Waals surface area (Å²) in [6.07, 6.45) is 4.16. The minimum Gasteiger partial charge on any atom is -0.493 e. The van der Waals surface area contributed by atoms with E-state index in [2.05, 4.69) is 27.4 Å². The van der Waals surface area contributed by atoms with Gasteiger partial charge in [0.15, 0.2) is 11.5 Å². The topological polar surface area (TPSA) is 61.5 Å². The molecular formula is C25H23ClN4O2S. The molecule has 3 aromatic carbocycles. The molecule has 8 heteroatoms. The predicted molar refractivity (Wildman–Crippen MR) is 133 cm³/mol. The highest BCUT2D eigenvalue weighted by atomic mass is 35.5. The molecule has 0 fully saturated rings. The van der Waals surface area contributed by atoms with Crippen molar-refractivity contribution < 1.29 is 9.47 Å². The Hall–Kier alpha value is -3.29. The molecule has 1 heterocycles. The van der Waals surface area contributed by atoms with Gasteiger partial charge in [0.1, 0.15) is 6.33 Å². The second-order valence-corrected chi connectivity index (χ2v) is 8.49. The molecule has 1 aromatic heterocycles. The van der Waals surface area contributed by atoms with Gasteiger partial charge in [-0.15, -0.1) is 10.2 Å². The molecule has 0 aliphatic carbocycles. The Balaban J connectivity index is 1.37. The van der Waals surface area contributed by atoms with Gasteiger partial charge in [-0.2, -0.15) is 9.78 Å². The maximum Gasteiger partial charge on any atom is 0.212 e. The highest BCUT2D eigenvalue weighted by Gasteiger charge is 2.07. The van der Waals surface area contributed by atoms with E-state index in [0.717, 1.165) is 28.3 Å². The lowest BCUT2D eigenvalue weighted by Gasteiger charge is -2.11. The summed E-state index contributed by atoms with van der Waals surface area (Å²) in [5.41, 5.74) is 3.26. The third-order valence-electron chi connectivity index (χ3n) is 4.79. The standard InChI is InChI=1S/C25H23ClN4O2S/c1-31-24-15-21(9-12-23(24)32-14-13-19-5-3-2-4-6-19)16-28-30-18-27-29-25(30)33-17-20-7-10-22(26)11-8-20/h2-12,15-16,18H,13-14,17H2,1H3/b28-16+. The summed E-state index contributed by atoms with van der Waals surface area (Å²) in [5.74, 6) is 2.11. The van der Waals surface area contributed by atoms with Gasteiger partial charge in [0.2, 0.25) is 5.16 Å². The first kappa shape index (κ1) is 22.9. The summed E-state index contributed by atoms with van der Waals surface area (Å²) in [4.78, 5) is 0. The number of rotatable bonds is 10. The van der Waals surface area contributed by atoms with Crippen LogP contribution in [0.1, 0.15) is 16.7 Å². The molecule has 0 spiro atoms. The van der Waals surface area contributed by atoms with Gasteiger partial charge < -0.3 is 9.47 Å². The summed E-state index contributed by atoms with van der Waals surface area (Å²) < 4.78 is 13.1. The van der Waals surface area contributed by atoms with Crippen molar-refractivity contribution in [3.8, 4) is 11.5 Å². The lowest BCUT2D eigenvalue weighted by molar-refractivity contribution is 0.297. The van der Waals surface area contributed by atoms with E-state index in [1.54, 1.807) is 36.1 Å². The molecule has 6 nitrogen and oxygen atoms in total. The molecular weight excluding hydrogens is 456 g/mol. The minimum atomic E-state index is 0.572. The number of methoxy groups -OCH3 is 1. The number of benzene rings is 3. The largest absolute Gasteiger partial charge is 0.493 e.